The molecule has 172 valence electrons. The van der Waals surface area contributed by atoms with E-state index in [1.54, 1.807) is 6.08 Å². The van der Waals surface area contributed by atoms with Gasteiger partial charge in [0.25, 0.3) is 0 Å². The van der Waals surface area contributed by atoms with Crippen molar-refractivity contribution in [3.8, 4) is 0 Å². The maximum absolute atomic E-state index is 14.5. The number of aliphatic carboxylic acids is 1. The predicted octanol–water partition coefficient (Wildman–Crippen LogP) is 6.75. The van der Waals surface area contributed by atoms with Gasteiger partial charge >= 0.3 is 5.97 Å². The van der Waals surface area contributed by atoms with E-state index in [9.17, 15) is 9.18 Å². The van der Waals surface area contributed by atoms with E-state index >= 15 is 0 Å². The molecule has 5 rings (SSSR count). The Hall–Kier alpha value is -3.70. The molecule has 1 aliphatic carbocycles. The molecule has 3 N–H and O–H groups in total. The Morgan fingerprint density at radius 2 is 1.76 bits per heavy atom. The molecule has 1 aliphatic heterocycles. The van der Waals surface area contributed by atoms with Gasteiger partial charge in [-0.25, -0.2) is 14.6 Å². The molecule has 1 fully saturated rings. The molecule has 1 unspecified atom stereocenters. The van der Waals surface area contributed by atoms with E-state index in [1.165, 1.54) is 23.1 Å². The summed E-state index contributed by atoms with van der Waals surface area (Å²) in [5, 5.41) is 8.95. The molecule has 1 heterocycles. The van der Waals surface area contributed by atoms with Crippen LogP contribution in [0.2, 0.25) is 0 Å². The molecule has 1 atom stereocenters. The van der Waals surface area contributed by atoms with Gasteiger partial charge in [0.1, 0.15) is 0 Å². The standard InChI is InChI=1S/C29H27FN2O2/c1-18-5-2-3-8-23(18)28(20-6-4-7-20)27(21-12-9-19(10-13-21)11-16-26(33)34)22-14-15-25-24(17-22)29(30)32-31-25/h2-3,5,8-17,20,29,31-32H,4,6-7H2,1H3,(H,33,34)/b16-11+,28-27+. The molecule has 3 aromatic carbocycles. The minimum absolute atomic E-state index is 0.438. The molecular formula is C29H27FN2O2. The fourth-order valence-corrected chi connectivity index (χ4v) is 4.80. The van der Waals surface area contributed by atoms with Crippen molar-refractivity contribution in [3.63, 3.8) is 0 Å². The zero-order chi connectivity index (χ0) is 23.7. The summed E-state index contributed by atoms with van der Waals surface area (Å²) >= 11 is 0. The van der Waals surface area contributed by atoms with Crippen molar-refractivity contribution in [1.29, 1.82) is 0 Å². The highest BCUT2D eigenvalue weighted by Crippen LogP contribution is 2.46. The van der Waals surface area contributed by atoms with E-state index in [0.29, 0.717) is 11.5 Å². The van der Waals surface area contributed by atoms with Crippen LogP contribution in [0.4, 0.5) is 10.1 Å². The first-order valence-electron chi connectivity index (χ1n) is 11.6. The maximum atomic E-state index is 14.5. The lowest BCUT2D eigenvalue weighted by molar-refractivity contribution is -0.131. The number of hydrazine groups is 1. The fourth-order valence-electron chi connectivity index (χ4n) is 4.80. The number of anilines is 1. The van der Waals surface area contributed by atoms with Crippen molar-refractivity contribution in [3.05, 3.63) is 106 Å². The molecule has 2 aliphatic rings. The summed E-state index contributed by atoms with van der Waals surface area (Å²) in [6.07, 6.45) is 4.94. The predicted molar refractivity (Wildman–Crippen MR) is 135 cm³/mol. The van der Waals surface area contributed by atoms with Gasteiger partial charge < -0.3 is 10.5 Å². The number of hydrogen-bond donors (Lipinski definition) is 3. The van der Waals surface area contributed by atoms with Crippen LogP contribution in [0, 0.1) is 12.8 Å². The van der Waals surface area contributed by atoms with Crippen LogP contribution in [0.15, 0.2) is 72.8 Å². The number of allylic oxidation sites excluding steroid dienone is 1. The Balaban J connectivity index is 1.72. The van der Waals surface area contributed by atoms with Gasteiger partial charge in [0.15, 0.2) is 6.30 Å². The first kappa shape index (κ1) is 22.1. The normalized spacial score (nSPS) is 18.2. The fraction of sp³-hybridized carbons (Fsp3) is 0.207. The molecule has 1 saturated carbocycles. The molecule has 0 spiro atoms. The van der Waals surface area contributed by atoms with Crippen molar-refractivity contribution in [1.82, 2.24) is 5.43 Å². The molecule has 0 saturated heterocycles. The van der Waals surface area contributed by atoms with Gasteiger partial charge in [0, 0.05) is 11.6 Å². The third-order valence-electron chi connectivity index (χ3n) is 6.78. The maximum Gasteiger partial charge on any atom is 0.328 e. The first-order chi connectivity index (χ1) is 16.5. The third-order valence-corrected chi connectivity index (χ3v) is 6.78. The summed E-state index contributed by atoms with van der Waals surface area (Å²) in [5.41, 5.74) is 14.6. The molecule has 0 radical (unpaired) electrons. The number of rotatable bonds is 6. The second kappa shape index (κ2) is 9.27. The van der Waals surface area contributed by atoms with Crippen LogP contribution >= 0.6 is 0 Å². The quantitative estimate of drug-likeness (QED) is 0.219. The number of halogens is 1. The van der Waals surface area contributed by atoms with Crippen LogP contribution in [-0.2, 0) is 4.79 Å². The van der Waals surface area contributed by atoms with E-state index in [4.69, 9.17) is 5.11 Å². The summed E-state index contributed by atoms with van der Waals surface area (Å²) in [6, 6.07) is 22.3. The van der Waals surface area contributed by atoms with Crippen LogP contribution in [0.25, 0.3) is 17.2 Å². The molecule has 3 aromatic rings. The van der Waals surface area contributed by atoms with Crippen molar-refractivity contribution < 1.29 is 14.3 Å². The van der Waals surface area contributed by atoms with Crippen LogP contribution < -0.4 is 10.9 Å². The molecule has 34 heavy (non-hydrogen) atoms. The highest BCUT2D eigenvalue weighted by Gasteiger charge is 2.29. The van der Waals surface area contributed by atoms with Crippen LogP contribution in [0.1, 0.15) is 58.9 Å². The monoisotopic (exact) mass is 454 g/mol. The summed E-state index contributed by atoms with van der Waals surface area (Å²) in [4.78, 5) is 10.9. The second-order valence-electron chi connectivity index (χ2n) is 8.96. The molecule has 0 aromatic heterocycles. The molecule has 4 nitrogen and oxygen atoms in total. The summed E-state index contributed by atoms with van der Waals surface area (Å²) in [5.74, 6) is -0.536. The lowest BCUT2D eigenvalue weighted by Crippen LogP contribution is -2.16. The minimum atomic E-state index is -1.26. The summed E-state index contributed by atoms with van der Waals surface area (Å²) < 4.78 is 14.5. The summed E-state index contributed by atoms with van der Waals surface area (Å²) in [6.45, 7) is 2.14. The topological polar surface area (TPSA) is 61.4 Å². The van der Waals surface area contributed by atoms with E-state index in [-0.39, 0.29) is 0 Å². The number of alkyl halides is 1. The van der Waals surface area contributed by atoms with Gasteiger partial charge in [-0.1, -0.05) is 61.0 Å². The van der Waals surface area contributed by atoms with Gasteiger partial charge in [-0.15, -0.1) is 0 Å². The lowest BCUT2D eigenvalue weighted by atomic mass is 9.72. The van der Waals surface area contributed by atoms with Crippen molar-refractivity contribution in [2.24, 2.45) is 5.92 Å². The van der Waals surface area contributed by atoms with E-state index in [2.05, 4.69) is 48.1 Å². The Labute approximate surface area is 198 Å². The Bertz CT molecular complexity index is 1290. The van der Waals surface area contributed by atoms with E-state index in [1.807, 2.05) is 36.4 Å². The zero-order valence-electron chi connectivity index (χ0n) is 19.0. The second-order valence-corrected chi connectivity index (χ2v) is 8.96. The number of hydrogen-bond acceptors (Lipinski definition) is 3. The minimum Gasteiger partial charge on any atom is -0.478 e. The number of carboxylic acids is 1. The number of aryl methyl sites for hydroxylation is 1. The van der Waals surface area contributed by atoms with Crippen LogP contribution in [0.5, 0.6) is 0 Å². The van der Waals surface area contributed by atoms with Gasteiger partial charge in [-0.05, 0) is 82.9 Å². The van der Waals surface area contributed by atoms with Gasteiger partial charge in [0.2, 0.25) is 0 Å². The average molecular weight is 455 g/mol. The zero-order valence-corrected chi connectivity index (χ0v) is 19.0. The van der Waals surface area contributed by atoms with Gasteiger partial charge in [-0.3, -0.25) is 0 Å². The number of fused-ring (bicyclic) bond motifs is 1. The van der Waals surface area contributed by atoms with E-state index in [0.717, 1.165) is 46.9 Å². The highest BCUT2D eigenvalue weighted by molar-refractivity contribution is 6.00. The Morgan fingerprint density at radius 3 is 2.44 bits per heavy atom. The third kappa shape index (κ3) is 4.27. The molecule has 0 bridgehead atoms. The smallest absolute Gasteiger partial charge is 0.328 e. The molecule has 0 amide bonds. The van der Waals surface area contributed by atoms with Crippen molar-refractivity contribution in [2.45, 2.75) is 32.5 Å². The lowest BCUT2D eigenvalue weighted by Gasteiger charge is -2.32. The largest absolute Gasteiger partial charge is 0.478 e. The summed E-state index contributed by atoms with van der Waals surface area (Å²) in [7, 11) is 0. The highest BCUT2D eigenvalue weighted by atomic mass is 19.1. The average Bonchev–Trinajstić information content (AvgIpc) is 3.17. The molecular weight excluding hydrogens is 427 g/mol. The van der Waals surface area contributed by atoms with Crippen LogP contribution in [-0.4, -0.2) is 11.1 Å². The van der Waals surface area contributed by atoms with Gasteiger partial charge in [0.05, 0.1) is 5.69 Å². The molecule has 5 heteroatoms. The van der Waals surface area contributed by atoms with E-state index < -0.39 is 12.3 Å². The Morgan fingerprint density at radius 1 is 1.03 bits per heavy atom. The number of benzene rings is 3. The number of carbonyl (C=O) groups is 1. The Kier molecular flexibility index (Phi) is 6.03. The van der Waals surface area contributed by atoms with Gasteiger partial charge in [-0.2, -0.15) is 0 Å². The van der Waals surface area contributed by atoms with Crippen LogP contribution in [0.3, 0.4) is 0 Å². The SMILES string of the molecule is Cc1ccccc1/C(=C(\c1ccc(/C=C/C(=O)O)cc1)c1ccc2c(c1)C(F)NN2)C1CCC1. The number of nitrogens with one attached hydrogen (secondary N) is 2. The van der Waals surface area contributed by atoms with Crippen molar-refractivity contribution in [2.75, 3.05) is 5.43 Å². The first-order valence-corrected chi connectivity index (χ1v) is 11.6. The van der Waals surface area contributed by atoms with Crippen molar-refractivity contribution >= 4 is 28.9 Å². The number of carboxylic acid groups (broad SMARTS) is 1.